The molecule has 122 valence electrons. The van der Waals surface area contributed by atoms with Gasteiger partial charge in [0, 0.05) is 12.1 Å². The molecule has 24 heavy (non-hydrogen) atoms. The summed E-state index contributed by atoms with van der Waals surface area (Å²) in [6.07, 6.45) is 1.46. The third-order valence-corrected chi connectivity index (χ3v) is 3.40. The molecule has 3 aromatic rings. The van der Waals surface area contributed by atoms with Crippen molar-refractivity contribution >= 4 is 5.91 Å². The Labute approximate surface area is 136 Å². The highest BCUT2D eigenvalue weighted by Crippen LogP contribution is 2.07. The van der Waals surface area contributed by atoms with E-state index >= 15 is 0 Å². The molecule has 0 unspecified atom stereocenters. The van der Waals surface area contributed by atoms with Gasteiger partial charge in [-0.05, 0) is 23.8 Å². The summed E-state index contributed by atoms with van der Waals surface area (Å²) >= 11 is 0. The Hall–Kier alpha value is -3.09. The Morgan fingerprint density at radius 1 is 1.12 bits per heavy atom. The highest BCUT2D eigenvalue weighted by molar-refractivity contribution is 5.91. The highest BCUT2D eigenvalue weighted by atomic mass is 19.1. The van der Waals surface area contributed by atoms with Gasteiger partial charge in [0.1, 0.15) is 11.6 Å². The maximum atomic E-state index is 13.5. The molecule has 0 saturated carbocycles. The third-order valence-electron chi connectivity index (χ3n) is 3.40. The molecule has 0 aliphatic rings. The smallest absolute Gasteiger partial charge is 0.273 e. The number of nitrogens with zero attached hydrogens (tertiary/aromatic N) is 3. The van der Waals surface area contributed by atoms with E-state index in [2.05, 4.69) is 15.6 Å². The molecule has 1 N–H and O–H groups in total. The molecule has 7 heteroatoms. The third kappa shape index (κ3) is 3.81. The number of rotatable bonds is 5. The minimum atomic E-state index is -0.455. The van der Waals surface area contributed by atoms with Gasteiger partial charge in [0.2, 0.25) is 0 Å². The fourth-order valence-electron chi connectivity index (χ4n) is 2.21. The second-order valence-electron chi connectivity index (χ2n) is 5.21. The zero-order chi connectivity index (χ0) is 16.9. The van der Waals surface area contributed by atoms with Crippen molar-refractivity contribution in [2.24, 2.45) is 0 Å². The van der Waals surface area contributed by atoms with Crippen molar-refractivity contribution in [2.75, 3.05) is 0 Å². The van der Waals surface area contributed by atoms with Crippen molar-refractivity contribution in [3.05, 3.63) is 83.2 Å². The molecule has 0 aliphatic heterocycles. The largest absolute Gasteiger partial charge is 0.346 e. The van der Waals surface area contributed by atoms with E-state index in [0.717, 1.165) is 0 Å². The van der Waals surface area contributed by atoms with Crippen LogP contribution in [-0.4, -0.2) is 20.9 Å². The van der Waals surface area contributed by atoms with Crippen LogP contribution in [0, 0.1) is 11.6 Å². The van der Waals surface area contributed by atoms with Gasteiger partial charge in [-0.25, -0.2) is 13.5 Å². The van der Waals surface area contributed by atoms with Gasteiger partial charge in [0.05, 0.1) is 12.7 Å². The first-order valence-electron chi connectivity index (χ1n) is 7.28. The maximum absolute atomic E-state index is 13.5. The lowest BCUT2D eigenvalue weighted by molar-refractivity contribution is 0.0945. The first-order chi connectivity index (χ1) is 11.6. The van der Waals surface area contributed by atoms with E-state index in [-0.39, 0.29) is 23.9 Å². The molecule has 0 fully saturated rings. The van der Waals surface area contributed by atoms with E-state index in [9.17, 15) is 13.6 Å². The van der Waals surface area contributed by atoms with Gasteiger partial charge in [0.25, 0.3) is 5.91 Å². The summed E-state index contributed by atoms with van der Waals surface area (Å²) in [7, 11) is 0. The standard InChI is InChI=1S/C17H14F2N4O/c18-14-6-3-4-12(8-14)10-23-11-16(21-22-23)17(24)20-9-13-5-1-2-7-15(13)19/h1-8,11H,9-10H2,(H,20,24). The maximum Gasteiger partial charge on any atom is 0.273 e. The van der Waals surface area contributed by atoms with Crippen LogP contribution in [0.25, 0.3) is 0 Å². The minimum absolute atomic E-state index is 0.0578. The first kappa shape index (κ1) is 15.8. The Balaban J connectivity index is 1.62. The fourth-order valence-corrected chi connectivity index (χ4v) is 2.21. The van der Waals surface area contributed by atoms with Crippen LogP contribution in [0.5, 0.6) is 0 Å². The number of nitrogens with one attached hydrogen (secondary N) is 1. The topological polar surface area (TPSA) is 59.8 Å². The SMILES string of the molecule is O=C(NCc1ccccc1F)c1cn(Cc2cccc(F)c2)nn1. The van der Waals surface area contributed by atoms with Gasteiger partial charge < -0.3 is 5.32 Å². The molecule has 1 amide bonds. The van der Waals surface area contributed by atoms with Crippen molar-refractivity contribution in [2.45, 2.75) is 13.1 Å². The van der Waals surface area contributed by atoms with Crippen molar-refractivity contribution in [1.82, 2.24) is 20.3 Å². The van der Waals surface area contributed by atoms with Crippen LogP contribution in [0.3, 0.4) is 0 Å². The van der Waals surface area contributed by atoms with Crippen LogP contribution in [0.2, 0.25) is 0 Å². The molecule has 0 bridgehead atoms. The lowest BCUT2D eigenvalue weighted by Gasteiger charge is -2.04. The number of carbonyl (C=O) groups excluding carboxylic acids is 1. The summed E-state index contributed by atoms with van der Waals surface area (Å²) in [6.45, 7) is 0.355. The zero-order valence-electron chi connectivity index (χ0n) is 12.6. The number of amides is 1. The van der Waals surface area contributed by atoms with Crippen molar-refractivity contribution < 1.29 is 13.6 Å². The Kier molecular flexibility index (Phi) is 4.60. The Morgan fingerprint density at radius 2 is 1.96 bits per heavy atom. The monoisotopic (exact) mass is 328 g/mol. The summed E-state index contributed by atoms with van der Waals surface area (Å²) in [6, 6.07) is 12.3. The molecule has 1 aromatic heterocycles. The number of halogens is 2. The number of hydrogen-bond donors (Lipinski definition) is 1. The Morgan fingerprint density at radius 3 is 2.75 bits per heavy atom. The first-order valence-corrected chi connectivity index (χ1v) is 7.28. The van der Waals surface area contributed by atoms with E-state index in [0.29, 0.717) is 17.7 Å². The lowest BCUT2D eigenvalue weighted by Crippen LogP contribution is -2.23. The van der Waals surface area contributed by atoms with Gasteiger partial charge in [-0.3, -0.25) is 4.79 Å². The molecule has 0 atom stereocenters. The average molecular weight is 328 g/mol. The molecule has 2 aromatic carbocycles. The molecule has 3 rings (SSSR count). The van der Waals surface area contributed by atoms with E-state index in [1.54, 1.807) is 30.3 Å². The van der Waals surface area contributed by atoms with Crippen molar-refractivity contribution in [3.8, 4) is 0 Å². The van der Waals surface area contributed by atoms with Gasteiger partial charge in [-0.2, -0.15) is 0 Å². The van der Waals surface area contributed by atoms with Crippen LogP contribution in [-0.2, 0) is 13.1 Å². The summed E-state index contributed by atoms with van der Waals surface area (Å²) in [4.78, 5) is 12.0. The van der Waals surface area contributed by atoms with Crippen LogP contribution in [0.4, 0.5) is 8.78 Å². The quantitative estimate of drug-likeness (QED) is 0.783. The van der Waals surface area contributed by atoms with E-state index in [1.165, 1.54) is 29.1 Å². The molecule has 5 nitrogen and oxygen atoms in total. The predicted molar refractivity (Wildman–Crippen MR) is 83.1 cm³/mol. The number of hydrogen-bond acceptors (Lipinski definition) is 3. The van der Waals surface area contributed by atoms with Gasteiger partial charge in [-0.1, -0.05) is 35.5 Å². The van der Waals surface area contributed by atoms with Crippen LogP contribution >= 0.6 is 0 Å². The van der Waals surface area contributed by atoms with Crippen molar-refractivity contribution in [1.29, 1.82) is 0 Å². The second kappa shape index (κ2) is 6.99. The van der Waals surface area contributed by atoms with Gasteiger partial charge >= 0.3 is 0 Å². The molecular formula is C17H14F2N4O. The van der Waals surface area contributed by atoms with Crippen LogP contribution in [0.1, 0.15) is 21.6 Å². The number of aromatic nitrogens is 3. The summed E-state index contributed by atoms with van der Waals surface area (Å²) in [5.41, 5.74) is 1.21. The molecule has 0 aliphatic carbocycles. The van der Waals surface area contributed by atoms with E-state index in [4.69, 9.17) is 0 Å². The second-order valence-corrected chi connectivity index (χ2v) is 5.21. The molecule has 0 radical (unpaired) electrons. The highest BCUT2D eigenvalue weighted by Gasteiger charge is 2.11. The van der Waals surface area contributed by atoms with E-state index in [1.807, 2.05) is 0 Å². The molecule has 1 heterocycles. The normalized spacial score (nSPS) is 10.6. The lowest BCUT2D eigenvalue weighted by atomic mass is 10.2. The summed E-state index contributed by atoms with van der Waals surface area (Å²) < 4.78 is 28.1. The van der Waals surface area contributed by atoms with E-state index < -0.39 is 5.91 Å². The van der Waals surface area contributed by atoms with Crippen molar-refractivity contribution in [3.63, 3.8) is 0 Å². The summed E-state index contributed by atoms with van der Waals surface area (Å²) in [5, 5.41) is 10.2. The fraction of sp³-hybridized carbons (Fsp3) is 0.118. The van der Waals surface area contributed by atoms with Crippen LogP contribution in [0.15, 0.2) is 54.7 Å². The van der Waals surface area contributed by atoms with Gasteiger partial charge in [0.15, 0.2) is 5.69 Å². The number of benzene rings is 2. The zero-order valence-corrected chi connectivity index (χ0v) is 12.6. The predicted octanol–water partition coefficient (Wildman–Crippen LogP) is 2.53. The van der Waals surface area contributed by atoms with Crippen LogP contribution < -0.4 is 5.32 Å². The summed E-state index contributed by atoms with van der Waals surface area (Å²) in [5.74, 6) is -1.17. The van der Waals surface area contributed by atoms with Gasteiger partial charge in [-0.15, -0.1) is 5.10 Å². The average Bonchev–Trinajstić information content (AvgIpc) is 3.02. The molecule has 0 spiro atoms. The minimum Gasteiger partial charge on any atom is -0.346 e. The number of carbonyl (C=O) groups is 1. The Bertz CT molecular complexity index is 863. The molecular weight excluding hydrogens is 314 g/mol. The molecule has 0 saturated heterocycles.